The molecule has 0 spiro atoms. The summed E-state index contributed by atoms with van der Waals surface area (Å²) in [5, 5.41) is 12.9. The number of carbonyl (C=O) groups is 1. The summed E-state index contributed by atoms with van der Waals surface area (Å²) < 4.78 is 5.31. The van der Waals surface area contributed by atoms with E-state index in [0.29, 0.717) is 25.3 Å². The van der Waals surface area contributed by atoms with Crippen molar-refractivity contribution in [2.24, 2.45) is 0 Å². The number of aryl methyl sites for hydroxylation is 1. The second-order valence-electron chi connectivity index (χ2n) is 5.91. The summed E-state index contributed by atoms with van der Waals surface area (Å²) in [4.78, 5) is 14.6. The molecule has 0 heterocycles. The number of benzene rings is 2. The maximum atomic E-state index is 12.4. The first kappa shape index (κ1) is 19.9. The lowest BCUT2D eigenvalue weighted by Crippen LogP contribution is -2.35. The number of halogens is 1. The molecule has 0 fully saturated rings. The molecule has 0 aliphatic heterocycles. The van der Waals surface area contributed by atoms with E-state index in [1.165, 1.54) is 17.7 Å². The highest BCUT2D eigenvalue weighted by Crippen LogP contribution is 2.35. The number of carbonyl (C=O) groups excluding carboxylic acids is 1. The normalized spacial score (nSPS) is 10.5. The number of likely N-dealkylation sites (N-methyl/N-ethyl adjacent to an activating group) is 1. The monoisotopic (exact) mass is 376 g/mol. The van der Waals surface area contributed by atoms with Crippen molar-refractivity contribution in [1.82, 2.24) is 5.32 Å². The molecule has 2 aromatic carbocycles. The molecule has 0 saturated carbocycles. The summed E-state index contributed by atoms with van der Waals surface area (Å²) in [7, 11) is 0. The number of phenolic OH excluding ortho intramolecular Hbond substituents is 1. The van der Waals surface area contributed by atoms with Gasteiger partial charge < -0.3 is 20.1 Å². The van der Waals surface area contributed by atoms with Gasteiger partial charge in [-0.2, -0.15) is 0 Å². The smallest absolute Gasteiger partial charge is 0.251 e. The maximum absolute atomic E-state index is 12.4. The van der Waals surface area contributed by atoms with E-state index in [1.807, 2.05) is 6.07 Å². The fourth-order valence-corrected chi connectivity index (χ4v) is 2.88. The lowest BCUT2D eigenvalue weighted by Gasteiger charge is -2.23. The quantitative estimate of drug-likeness (QED) is 0.730. The second kappa shape index (κ2) is 9.34. The van der Waals surface area contributed by atoms with Crippen molar-refractivity contribution in [3.05, 3.63) is 52.5 Å². The molecule has 0 saturated heterocycles. The standard InChI is InChI=1S/C20H25ClN2O3/c1-4-23(16-8-6-7-14(3)11-16)10-9-22-20(25)15-12-17(21)19(24)18(13-15)26-5-2/h6-8,11-13,24H,4-5,9-10H2,1-3H3,(H,22,25). The summed E-state index contributed by atoms with van der Waals surface area (Å²) in [6.45, 7) is 8.33. The van der Waals surface area contributed by atoms with Crippen LogP contribution >= 0.6 is 11.6 Å². The minimum absolute atomic E-state index is 0.0936. The van der Waals surface area contributed by atoms with Crippen LogP contribution in [0.15, 0.2) is 36.4 Å². The largest absolute Gasteiger partial charge is 0.503 e. The number of anilines is 1. The van der Waals surface area contributed by atoms with Crippen LogP contribution in [0.3, 0.4) is 0 Å². The molecule has 0 radical (unpaired) electrons. The molecule has 0 aliphatic rings. The summed E-state index contributed by atoms with van der Waals surface area (Å²) in [6, 6.07) is 11.2. The third-order valence-corrected chi connectivity index (χ3v) is 4.29. The number of rotatable bonds is 8. The van der Waals surface area contributed by atoms with E-state index in [2.05, 4.69) is 42.3 Å². The van der Waals surface area contributed by atoms with E-state index in [-0.39, 0.29) is 22.4 Å². The molecular formula is C20H25ClN2O3. The maximum Gasteiger partial charge on any atom is 0.251 e. The molecule has 26 heavy (non-hydrogen) atoms. The average molecular weight is 377 g/mol. The summed E-state index contributed by atoms with van der Waals surface area (Å²) >= 11 is 5.98. The molecule has 140 valence electrons. The van der Waals surface area contributed by atoms with Gasteiger partial charge in [0.2, 0.25) is 0 Å². The lowest BCUT2D eigenvalue weighted by molar-refractivity contribution is 0.0954. The number of phenols is 1. The zero-order chi connectivity index (χ0) is 19.1. The Morgan fingerprint density at radius 2 is 2.04 bits per heavy atom. The minimum Gasteiger partial charge on any atom is -0.503 e. The van der Waals surface area contributed by atoms with Crippen LogP contribution in [0.2, 0.25) is 5.02 Å². The Kier molecular flexibility index (Phi) is 7.16. The molecule has 2 aromatic rings. The molecule has 0 aliphatic carbocycles. The fourth-order valence-electron chi connectivity index (χ4n) is 2.67. The van der Waals surface area contributed by atoms with E-state index in [4.69, 9.17) is 16.3 Å². The van der Waals surface area contributed by atoms with Crippen LogP contribution in [0.25, 0.3) is 0 Å². The van der Waals surface area contributed by atoms with E-state index in [0.717, 1.165) is 12.2 Å². The zero-order valence-corrected chi connectivity index (χ0v) is 16.1. The van der Waals surface area contributed by atoms with Gasteiger partial charge in [0, 0.05) is 30.9 Å². The van der Waals surface area contributed by atoms with Crippen molar-refractivity contribution in [2.75, 3.05) is 31.1 Å². The van der Waals surface area contributed by atoms with Gasteiger partial charge >= 0.3 is 0 Å². The Bertz CT molecular complexity index is 765. The van der Waals surface area contributed by atoms with Crippen molar-refractivity contribution < 1.29 is 14.6 Å². The van der Waals surface area contributed by atoms with Crippen LogP contribution in [-0.2, 0) is 0 Å². The minimum atomic E-state index is -0.256. The Morgan fingerprint density at radius 1 is 1.27 bits per heavy atom. The van der Waals surface area contributed by atoms with E-state index in [9.17, 15) is 9.90 Å². The van der Waals surface area contributed by atoms with Gasteiger partial charge in [-0.3, -0.25) is 4.79 Å². The average Bonchev–Trinajstić information content (AvgIpc) is 2.62. The molecule has 1 amide bonds. The third kappa shape index (κ3) is 5.05. The first-order chi connectivity index (χ1) is 12.5. The molecule has 6 heteroatoms. The highest BCUT2D eigenvalue weighted by molar-refractivity contribution is 6.32. The number of aromatic hydroxyl groups is 1. The highest BCUT2D eigenvalue weighted by Gasteiger charge is 2.14. The van der Waals surface area contributed by atoms with Gasteiger partial charge in [-0.05, 0) is 50.6 Å². The van der Waals surface area contributed by atoms with Crippen LogP contribution in [0.5, 0.6) is 11.5 Å². The van der Waals surface area contributed by atoms with Crippen LogP contribution < -0.4 is 15.0 Å². The molecule has 0 bridgehead atoms. The van der Waals surface area contributed by atoms with Crippen molar-refractivity contribution in [2.45, 2.75) is 20.8 Å². The summed E-state index contributed by atoms with van der Waals surface area (Å²) in [5.41, 5.74) is 2.69. The molecule has 0 atom stereocenters. The summed E-state index contributed by atoms with van der Waals surface area (Å²) in [6.07, 6.45) is 0. The van der Waals surface area contributed by atoms with Gasteiger partial charge in [-0.1, -0.05) is 23.7 Å². The van der Waals surface area contributed by atoms with Crippen LogP contribution in [0.1, 0.15) is 29.8 Å². The van der Waals surface area contributed by atoms with Gasteiger partial charge in [0.25, 0.3) is 5.91 Å². The van der Waals surface area contributed by atoms with Crippen molar-refractivity contribution in [3.8, 4) is 11.5 Å². The number of hydrogen-bond acceptors (Lipinski definition) is 4. The van der Waals surface area contributed by atoms with Crippen LogP contribution in [-0.4, -0.2) is 37.3 Å². The number of nitrogens with zero attached hydrogens (tertiary/aromatic N) is 1. The Balaban J connectivity index is 2.00. The predicted molar refractivity (Wildman–Crippen MR) is 106 cm³/mol. The highest BCUT2D eigenvalue weighted by atomic mass is 35.5. The number of amides is 1. The number of ether oxygens (including phenoxy) is 1. The van der Waals surface area contributed by atoms with E-state index >= 15 is 0 Å². The van der Waals surface area contributed by atoms with Crippen LogP contribution in [0, 0.1) is 6.92 Å². The van der Waals surface area contributed by atoms with Crippen molar-refractivity contribution in [3.63, 3.8) is 0 Å². The predicted octanol–water partition coefficient (Wildman–Crippen LogP) is 4.01. The zero-order valence-electron chi connectivity index (χ0n) is 15.4. The van der Waals surface area contributed by atoms with Crippen LogP contribution in [0.4, 0.5) is 5.69 Å². The Hall–Kier alpha value is -2.40. The van der Waals surface area contributed by atoms with Gasteiger partial charge in [0.15, 0.2) is 11.5 Å². The Morgan fingerprint density at radius 3 is 2.69 bits per heavy atom. The molecule has 2 rings (SSSR count). The Labute approximate surface area is 159 Å². The van der Waals surface area contributed by atoms with Gasteiger partial charge in [0.1, 0.15) is 0 Å². The second-order valence-corrected chi connectivity index (χ2v) is 6.32. The topological polar surface area (TPSA) is 61.8 Å². The van der Waals surface area contributed by atoms with E-state index in [1.54, 1.807) is 6.92 Å². The summed E-state index contributed by atoms with van der Waals surface area (Å²) in [5.74, 6) is -0.199. The lowest BCUT2D eigenvalue weighted by atomic mass is 10.2. The third-order valence-electron chi connectivity index (χ3n) is 4.01. The van der Waals surface area contributed by atoms with Gasteiger partial charge in [-0.15, -0.1) is 0 Å². The van der Waals surface area contributed by atoms with Crippen molar-refractivity contribution in [1.29, 1.82) is 0 Å². The van der Waals surface area contributed by atoms with Gasteiger partial charge in [-0.25, -0.2) is 0 Å². The molecular weight excluding hydrogens is 352 g/mol. The van der Waals surface area contributed by atoms with Gasteiger partial charge in [0.05, 0.1) is 11.6 Å². The molecule has 5 nitrogen and oxygen atoms in total. The molecule has 2 N–H and O–H groups in total. The van der Waals surface area contributed by atoms with Crippen molar-refractivity contribution >= 4 is 23.2 Å². The first-order valence-electron chi connectivity index (χ1n) is 8.71. The fraction of sp³-hybridized carbons (Fsp3) is 0.350. The molecule has 0 aromatic heterocycles. The molecule has 0 unspecified atom stereocenters. The SMILES string of the molecule is CCOc1cc(C(=O)NCCN(CC)c2cccc(C)c2)cc(Cl)c1O. The first-order valence-corrected chi connectivity index (χ1v) is 9.09. The number of hydrogen-bond donors (Lipinski definition) is 2. The van der Waals surface area contributed by atoms with E-state index < -0.39 is 0 Å². The number of nitrogens with one attached hydrogen (secondary N) is 1.